The number of hydrogen-bond donors (Lipinski definition) is 1. The molecule has 0 aromatic heterocycles. The zero-order valence-electron chi connectivity index (χ0n) is 12.1. The van der Waals surface area contributed by atoms with Crippen LogP contribution in [0.5, 0.6) is 0 Å². The van der Waals surface area contributed by atoms with Crippen LogP contribution in [-0.2, 0) is 6.42 Å². The van der Waals surface area contributed by atoms with Crippen LogP contribution in [0.2, 0.25) is 0 Å². The van der Waals surface area contributed by atoms with Gasteiger partial charge in [-0.3, -0.25) is 0 Å². The van der Waals surface area contributed by atoms with Crippen molar-refractivity contribution < 1.29 is 9.50 Å². The maximum atomic E-state index is 13.8. The molecule has 0 heterocycles. The number of benzene rings is 1. The van der Waals surface area contributed by atoms with E-state index in [1.54, 1.807) is 6.07 Å². The molecule has 1 atom stereocenters. The summed E-state index contributed by atoms with van der Waals surface area (Å²) >= 11 is 3.26. The molecule has 1 aromatic carbocycles. The average molecular weight is 343 g/mol. The molecule has 1 unspecified atom stereocenters. The van der Waals surface area contributed by atoms with E-state index in [9.17, 15) is 9.50 Å². The lowest BCUT2D eigenvalue weighted by Gasteiger charge is -2.31. The van der Waals surface area contributed by atoms with Crippen molar-refractivity contribution >= 4 is 15.9 Å². The van der Waals surface area contributed by atoms with E-state index in [0.29, 0.717) is 17.9 Å². The highest BCUT2D eigenvalue weighted by atomic mass is 79.9. The number of halogens is 2. The van der Waals surface area contributed by atoms with Gasteiger partial charge >= 0.3 is 0 Å². The molecule has 20 heavy (non-hydrogen) atoms. The molecule has 0 amide bonds. The molecule has 0 aliphatic heterocycles. The summed E-state index contributed by atoms with van der Waals surface area (Å²) in [5, 5.41) is 10.4. The first-order chi connectivity index (χ1) is 9.60. The van der Waals surface area contributed by atoms with Crippen LogP contribution >= 0.6 is 15.9 Å². The van der Waals surface area contributed by atoms with Crippen molar-refractivity contribution in [3.8, 4) is 0 Å². The van der Waals surface area contributed by atoms with Gasteiger partial charge in [-0.2, -0.15) is 0 Å². The van der Waals surface area contributed by atoms with Crippen molar-refractivity contribution in [3.63, 3.8) is 0 Å². The first kappa shape index (κ1) is 16.0. The number of aliphatic hydroxyl groups is 1. The van der Waals surface area contributed by atoms with Gasteiger partial charge in [0.1, 0.15) is 5.82 Å². The van der Waals surface area contributed by atoms with Crippen LogP contribution in [0.3, 0.4) is 0 Å². The van der Waals surface area contributed by atoms with Crippen LogP contribution in [0.1, 0.15) is 51.0 Å². The number of hydrogen-bond acceptors (Lipinski definition) is 1. The highest BCUT2D eigenvalue weighted by molar-refractivity contribution is 9.10. The van der Waals surface area contributed by atoms with Crippen LogP contribution in [-0.4, -0.2) is 11.2 Å². The largest absolute Gasteiger partial charge is 0.392 e. The standard InChI is InChI=1S/C17H24BrFO/c1-2-3-12-4-6-13(7-5-12)17(20)10-14-8-9-15(18)11-16(14)19/h8-9,11-13,17,20H,2-7,10H2,1H3. The number of aliphatic hydroxyl groups excluding tert-OH is 1. The molecule has 112 valence electrons. The predicted octanol–water partition coefficient (Wildman–Crippen LogP) is 5.10. The zero-order valence-corrected chi connectivity index (χ0v) is 13.7. The van der Waals surface area contributed by atoms with Crippen molar-refractivity contribution in [3.05, 3.63) is 34.1 Å². The first-order valence-corrected chi connectivity index (χ1v) is 8.51. The SMILES string of the molecule is CCCC1CCC(C(O)Cc2ccc(Br)cc2F)CC1. The molecule has 3 heteroatoms. The van der Waals surface area contributed by atoms with Gasteiger partial charge in [0.2, 0.25) is 0 Å². The van der Waals surface area contributed by atoms with Crippen molar-refractivity contribution in [1.29, 1.82) is 0 Å². The monoisotopic (exact) mass is 342 g/mol. The lowest BCUT2D eigenvalue weighted by Crippen LogP contribution is -2.27. The molecule has 1 aromatic rings. The molecule has 2 rings (SSSR count). The Morgan fingerprint density at radius 3 is 2.60 bits per heavy atom. The minimum absolute atomic E-state index is 0.224. The Kier molecular flexibility index (Phi) is 6.03. The molecule has 1 saturated carbocycles. The van der Waals surface area contributed by atoms with Crippen LogP contribution < -0.4 is 0 Å². The van der Waals surface area contributed by atoms with E-state index in [1.807, 2.05) is 6.07 Å². The van der Waals surface area contributed by atoms with Crippen molar-refractivity contribution in [2.45, 2.75) is 58.0 Å². The Morgan fingerprint density at radius 2 is 2.00 bits per heavy atom. The third kappa shape index (κ3) is 4.29. The summed E-state index contributed by atoms with van der Waals surface area (Å²) in [4.78, 5) is 0. The molecular weight excluding hydrogens is 319 g/mol. The highest BCUT2D eigenvalue weighted by Gasteiger charge is 2.26. The lowest BCUT2D eigenvalue weighted by atomic mass is 9.77. The lowest BCUT2D eigenvalue weighted by molar-refractivity contribution is 0.0721. The van der Waals surface area contributed by atoms with E-state index in [1.165, 1.54) is 31.7 Å². The molecule has 1 aliphatic carbocycles. The van der Waals surface area contributed by atoms with E-state index >= 15 is 0 Å². The van der Waals surface area contributed by atoms with E-state index in [4.69, 9.17) is 0 Å². The Bertz CT molecular complexity index is 427. The third-order valence-corrected chi connectivity index (χ3v) is 5.07. The normalized spacial score (nSPS) is 24.6. The Balaban J connectivity index is 1.87. The molecule has 0 bridgehead atoms. The number of rotatable bonds is 5. The van der Waals surface area contributed by atoms with Crippen molar-refractivity contribution in [2.24, 2.45) is 11.8 Å². The quantitative estimate of drug-likeness (QED) is 0.789. The van der Waals surface area contributed by atoms with Gasteiger partial charge in [0, 0.05) is 10.9 Å². The summed E-state index contributed by atoms with van der Waals surface area (Å²) in [7, 11) is 0. The maximum absolute atomic E-state index is 13.8. The van der Waals surface area contributed by atoms with Gasteiger partial charge in [0.25, 0.3) is 0 Å². The van der Waals surface area contributed by atoms with Gasteiger partial charge in [0.15, 0.2) is 0 Å². The van der Waals surface area contributed by atoms with Gasteiger partial charge in [-0.15, -0.1) is 0 Å². The summed E-state index contributed by atoms with van der Waals surface area (Å²) in [5.41, 5.74) is 0.622. The Labute approximate surface area is 129 Å². The molecule has 1 N–H and O–H groups in total. The average Bonchev–Trinajstić information content (AvgIpc) is 2.43. The van der Waals surface area contributed by atoms with E-state index < -0.39 is 6.10 Å². The molecule has 1 nitrogen and oxygen atoms in total. The molecule has 0 radical (unpaired) electrons. The fourth-order valence-electron chi connectivity index (χ4n) is 3.35. The van der Waals surface area contributed by atoms with Crippen LogP contribution in [0.25, 0.3) is 0 Å². The van der Waals surface area contributed by atoms with Crippen LogP contribution in [0, 0.1) is 17.7 Å². The second kappa shape index (κ2) is 7.56. The predicted molar refractivity (Wildman–Crippen MR) is 84.2 cm³/mol. The highest BCUT2D eigenvalue weighted by Crippen LogP contribution is 2.34. The first-order valence-electron chi connectivity index (χ1n) is 7.72. The van der Waals surface area contributed by atoms with Gasteiger partial charge < -0.3 is 5.11 Å². The zero-order chi connectivity index (χ0) is 14.5. The topological polar surface area (TPSA) is 20.2 Å². The van der Waals surface area contributed by atoms with Gasteiger partial charge in [0.05, 0.1) is 6.10 Å². The summed E-state index contributed by atoms with van der Waals surface area (Å²) in [5.74, 6) is 0.956. The fraction of sp³-hybridized carbons (Fsp3) is 0.647. The molecule has 1 fully saturated rings. The van der Waals surface area contributed by atoms with Crippen molar-refractivity contribution in [1.82, 2.24) is 0 Å². The van der Waals surface area contributed by atoms with E-state index in [2.05, 4.69) is 22.9 Å². The third-order valence-electron chi connectivity index (χ3n) is 4.58. The maximum Gasteiger partial charge on any atom is 0.127 e. The molecule has 1 aliphatic rings. The van der Waals surface area contributed by atoms with Crippen LogP contribution in [0.4, 0.5) is 4.39 Å². The van der Waals surface area contributed by atoms with Crippen molar-refractivity contribution in [2.75, 3.05) is 0 Å². The minimum atomic E-state index is -0.409. The minimum Gasteiger partial charge on any atom is -0.392 e. The summed E-state index contributed by atoms with van der Waals surface area (Å²) in [6.07, 6.45) is 7.20. The second-order valence-corrected chi connectivity index (χ2v) is 6.99. The van der Waals surface area contributed by atoms with E-state index in [-0.39, 0.29) is 5.82 Å². The fourth-order valence-corrected chi connectivity index (χ4v) is 3.68. The van der Waals surface area contributed by atoms with Gasteiger partial charge in [-0.25, -0.2) is 4.39 Å². The summed E-state index contributed by atoms with van der Waals surface area (Å²) in [6, 6.07) is 5.08. The van der Waals surface area contributed by atoms with E-state index in [0.717, 1.165) is 23.2 Å². The second-order valence-electron chi connectivity index (χ2n) is 6.08. The Morgan fingerprint density at radius 1 is 1.30 bits per heavy atom. The molecule has 0 spiro atoms. The summed E-state index contributed by atoms with van der Waals surface area (Å²) < 4.78 is 14.5. The molecular formula is C17H24BrFO. The summed E-state index contributed by atoms with van der Waals surface area (Å²) in [6.45, 7) is 2.23. The van der Waals surface area contributed by atoms with Gasteiger partial charge in [-0.05, 0) is 42.4 Å². The van der Waals surface area contributed by atoms with Gasteiger partial charge in [-0.1, -0.05) is 54.6 Å². The molecule has 0 saturated heterocycles. The van der Waals surface area contributed by atoms with Crippen LogP contribution in [0.15, 0.2) is 22.7 Å². The smallest absolute Gasteiger partial charge is 0.127 e. The Hall–Kier alpha value is -0.410.